The molecule has 0 unspecified atom stereocenters. The Bertz CT molecular complexity index is 363. The number of nitrogens with zero attached hydrogens (tertiary/aromatic N) is 2. The summed E-state index contributed by atoms with van der Waals surface area (Å²) in [5.74, 6) is 0. The van der Waals surface area contributed by atoms with Crippen molar-refractivity contribution in [1.82, 2.24) is 9.80 Å². The highest BCUT2D eigenvalue weighted by molar-refractivity contribution is 5.57. The van der Waals surface area contributed by atoms with Gasteiger partial charge < -0.3 is 24.4 Å². The van der Waals surface area contributed by atoms with Gasteiger partial charge >= 0.3 is 6.16 Å². The fourth-order valence-corrected chi connectivity index (χ4v) is 1.62. The molecule has 0 spiro atoms. The summed E-state index contributed by atoms with van der Waals surface area (Å²) in [6.45, 7) is 2.18. The lowest BCUT2D eigenvalue weighted by Crippen LogP contribution is -2.14. The first-order valence-corrected chi connectivity index (χ1v) is 6.85. The first-order valence-electron chi connectivity index (χ1n) is 6.85. The minimum atomic E-state index is -1.25. The van der Waals surface area contributed by atoms with Crippen molar-refractivity contribution in [1.29, 1.82) is 0 Å². The van der Waals surface area contributed by atoms with Gasteiger partial charge in [0.15, 0.2) is 0 Å². The zero-order chi connectivity index (χ0) is 16.3. The third-order valence-corrected chi connectivity index (χ3v) is 2.66. The van der Waals surface area contributed by atoms with Crippen molar-refractivity contribution in [2.45, 2.75) is 6.42 Å². The summed E-state index contributed by atoms with van der Waals surface area (Å²) >= 11 is 0. The van der Waals surface area contributed by atoms with Gasteiger partial charge in [-0.15, -0.1) is 0 Å². The van der Waals surface area contributed by atoms with E-state index in [0.29, 0.717) is 13.0 Å². The van der Waals surface area contributed by atoms with Crippen molar-refractivity contribution in [3.05, 3.63) is 23.3 Å². The Hall–Kier alpha value is -1.37. The SMILES string of the molecule is COCC(=CCN(C)C)CC(=CCN(C)C)COC(=O)O. The number of methoxy groups -OCH3 is 1. The van der Waals surface area contributed by atoms with Crippen LogP contribution >= 0.6 is 0 Å². The van der Waals surface area contributed by atoms with Crippen molar-refractivity contribution in [3.8, 4) is 0 Å². The average molecular weight is 300 g/mol. The molecule has 0 aromatic heterocycles. The van der Waals surface area contributed by atoms with Crippen LogP contribution in [0.5, 0.6) is 0 Å². The fourth-order valence-electron chi connectivity index (χ4n) is 1.62. The molecule has 0 saturated heterocycles. The highest BCUT2D eigenvalue weighted by atomic mass is 16.7. The summed E-state index contributed by atoms with van der Waals surface area (Å²) in [5, 5.41) is 8.65. The van der Waals surface area contributed by atoms with E-state index >= 15 is 0 Å². The van der Waals surface area contributed by atoms with Crippen LogP contribution < -0.4 is 0 Å². The van der Waals surface area contributed by atoms with Crippen LogP contribution in [0.1, 0.15) is 6.42 Å². The van der Waals surface area contributed by atoms with E-state index in [4.69, 9.17) is 14.6 Å². The molecule has 0 saturated carbocycles. The normalized spacial score (nSPS) is 13.1. The topological polar surface area (TPSA) is 62.2 Å². The van der Waals surface area contributed by atoms with Gasteiger partial charge in [0.2, 0.25) is 0 Å². The van der Waals surface area contributed by atoms with Gasteiger partial charge in [-0.3, -0.25) is 0 Å². The molecule has 6 heteroatoms. The molecular formula is C15H28N2O4. The molecule has 0 bridgehead atoms. The summed E-state index contributed by atoms with van der Waals surface area (Å²) in [4.78, 5) is 14.6. The Balaban J connectivity index is 4.81. The van der Waals surface area contributed by atoms with Gasteiger partial charge in [0, 0.05) is 20.2 Å². The first-order chi connectivity index (χ1) is 9.85. The Kier molecular flexibility index (Phi) is 10.6. The van der Waals surface area contributed by atoms with E-state index in [1.54, 1.807) is 7.11 Å². The lowest BCUT2D eigenvalue weighted by Gasteiger charge is -2.14. The van der Waals surface area contributed by atoms with Gasteiger partial charge in [0.25, 0.3) is 0 Å². The van der Waals surface area contributed by atoms with Gasteiger partial charge in [0.1, 0.15) is 6.61 Å². The van der Waals surface area contributed by atoms with Gasteiger partial charge in [-0.2, -0.15) is 0 Å². The van der Waals surface area contributed by atoms with E-state index in [-0.39, 0.29) is 6.61 Å². The maximum atomic E-state index is 10.6. The van der Waals surface area contributed by atoms with E-state index in [0.717, 1.165) is 24.2 Å². The maximum Gasteiger partial charge on any atom is 0.506 e. The van der Waals surface area contributed by atoms with E-state index in [1.807, 2.05) is 39.2 Å². The van der Waals surface area contributed by atoms with Gasteiger partial charge in [0.05, 0.1) is 6.61 Å². The second kappa shape index (κ2) is 11.3. The molecule has 0 aromatic rings. The lowest BCUT2D eigenvalue weighted by molar-refractivity contribution is 0.0990. The zero-order valence-electron chi connectivity index (χ0n) is 13.8. The number of hydrogen-bond acceptors (Lipinski definition) is 5. The van der Waals surface area contributed by atoms with Crippen molar-refractivity contribution in [2.75, 3.05) is 61.6 Å². The van der Waals surface area contributed by atoms with Crippen molar-refractivity contribution >= 4 is 6.16 Å². The van der Waals surface area contributed by atoms with Crippen LogP contribution in [-0.4, -0.2) is 82.7 Å². The second-order valence-electron chi connectivity index (χ2n) is 5.41. The van der Waals surface area contributed by atoms with Crippen LogP contribution in [0, 0.1) is 0 Å². The van der Waals surface area contributed by atoms with Crippen LogP contribution in [0.3, 0.4) is 0 Å². The fraction of sp³-hybridized carbons (Fsp3) is 0.667. The zero-order valence-corrected chi connectivity index (χ0v) is 13.8. The molecule has 0 aliphatic heterocycles. The third kappa shape index (κ3) is 12.1. The Morgan fingerprint density at radius 2 is 1.48 bits per heavy atom. The molecular weight excluding hydrogens is 272 g/mol. The second-order valence-corrected chi connectivity index (χ2v) is 5.41. The third-order valence-electron chi connectivity index (χ3n) is 2.66. The summed E-state index contributed by atoms with van der Waals surface area (Å²) in [6, 6.07) is 0. The van der Waals surface area contributed by atoms with Crippen LogP contribution in [0.4, 0.5) is 4.79 Å². The minimum absolute atomic E-state index is 0.0895. The summed E-state index contributed by atoms with van der Waals surface area (Å²) in [6.07, 6.45) is 3.51. The van der Waals surface area contributed by atoms with E-state index in [9.17, 15) is 4.79 Å². The number of ether oxygens (including phenoxy) is 2. The molecule has 0 amide bonds. The number of hydrogen-bond donors (Lipinski definition) is 1. The van der Waals surface area contributed by atoms with Gasteiger partial charge in [-0.25, -0.2) is 4.79 Å². The average Bonchev–Trinajstić information content (AvgIpc) is 2.38. The predicted molar refractivity (Wildman–Crippen MR) is 83.7 cm³/mol. The highest BCUT2D eigenvalue weighted by Gasteiger charge is 2.07. The van der Waals surface area contributed by atoms with E-state index < -0.39 is 6.16 Å². The molecule has 1 N–H and O–H groups in total. The van der Waals surface area contributed by atoms with Crippen molar-refractivity contribution < 1.29 is 19.4 Å². The lowest BCUT2D eigenvalue weighted by atomic mass is 10.1. The number of likely N-dealkylation sites (N-methyl/N-ethyl adjacent to an activating group) is 2. The molecule has 0 aromatic carbocycles. The molecule has 6 nitrogen and oxygen atoms in total. The summed E-state index contributed by atoms with van der Waals surface area (Å²) in [5.41, 5.74) is 2.05. The van der Waals surface area contributed by atoms with Crippen LogP contribution in [-0.2, 0) is 9.47 Å². The molecule has 0 radical (unpaired) electrons. The van der Waals surface area contributed by atoms with Crippen LogP contribution in [0.15, 0.2) is 23.3 Å². The van der Waals surface area contributed by atoms with Crippen LogP contribution in [0.2, 0.25) is 0 Å². The van der Waals surface area contributed by atoms with Crippen molar-refractivity contribution in [2.24, 2.45) is 0 Å². The largest absolute Gasteiger partial charge is 0.506 e. The quantitative estimate of drug-likeness (QED) is 0.489. The minimum Gasteiger partial charge on any atom is -0.450 e. The smallest absolute Gasteiger partial charge is 0.450 e. The Morgan fingerprint density at radius 1 is 1.00 bits per heavy atom. The Morgan fingerprint density at radius 3 is 1.86 bits per heavy atom. The summed E-state index contributed by atoms with van der Waals surface area (Å²) < 4.78 is 9.90. The van der Waals surface area contributed by atoms with Gasteiger partial charge in [-0.05, 0) is 45.8 Å². The standard InChI is InChI=1S/C15H28N2O4/c1-16(2)8-6-13(11-20-5)10-14(7-9-17(3)4)12-21-15(18)19/h6-7H,8-12H2,1-5H3,(H,18,19). The molecule has 0 aliphatic carbocycles. The van der Waals surface area contributed by atoms with Crippen molar-refractivity contribution in [3.63, 3.8) is 0 Å². The number of carboxylic acid groups (broad SMARTS) is 1. The maximum absolute atomic E-state index is 10.6. The Labute approximate surface area is 127 Å². The summed E-state index contributed by atoms with van der Waals surface area (Å²) in [7, 11) is 9.57. The number of rotatable bonds is 10. The molecule has 0 atom stereocenters. The molecule has 0 rings (SSSR count). The molecule has 0 heterocycles. The molecule has 0 aliphatic rings. The molecule has 21 heavy (non-hydrogen) atoms. The predicted octanol–water partition coefficient (Wildman–Crippen LogP) is 1.69. The molecule has 0 fully saturated rings. The van der Waals surface area contributed by atoms with E-state index in [1.165, 1.54) is 0 Å². The van der Waals surface area contributed by atoms with Gasteiger partial charge in [-0.1, -0.05) is 12.2 Å². The highest BCUT2D eigenvalue weighted by Crippen LogP contribution is 2.13. The first kappa shape index (κ1) is 19.6. The van der Waals surface area contributed by atoms with E-state index in [2.05, 4.69) is 11.0 Å². The van der Waals surface area contributed by atoms with Crippen LogP contribution in [0.25, 0.3) is 0 Å². The number of carbonyl (C=O) groups is 1. The monoisotopic (exact) mass is 300 g/mol. The molecule has 122 valence electrons.